The van der Waals surface area contributed by atoms with Crippen molar-refractivity contribution in [2.45, 2.75) is 24.0 Å². The minimum absolute atomic E-state index is 0.0291. The normalized spacial score (nSPS) is 14.9. The third kappa shape index (κ3) is 5.57. The van der Waals surface area contributed by atoms with Crippen LogP contribution in [0.1, 0.15) is 35.0 Å². The number of benzene rings is 1. The maximum Gasteiger partial charge on any atom is 0.251 e. The fourth-order valence-corrected chi connectivity index (χ4v) is 4.36. The van der Waals surface area contributed by atoms with Gasteiger partial charge in [0.05, 0.1) is 18.1 Å². The lowest BCUT2D eigenvalue weighted by molar-refractivity contribution is -0.113. The maximum absolute atomic E-state index is 12.7. The SMILES string of the molecule is Cn1cnnc1SCC(=O)Nc1ccc(C(=O)NC[C@H](c2ccco2)N2CCCC2)cc1. The Balaban J connectivity index is 1.28. The van der Waals surface area contributed by atoms with Gasteiger partial charge in [-0.3, -0.25) is 14.5 Å². The summed E-state index contributed by atoms with van der Waals surface area (Å²) in [4.78, 5) is 27.2. The van der Waals surface area contributed by atoms with Gasteiger partial charge in [0.2, 0.25) is 5.91 Å². The van der Waals surface area contributed by atoms with E-state index in [-0.39, 0.29) is 23.6 Å². The van der Waals surface area contributed by atoms with E-state index in [1.54, 1.807) is 41.4 Å². The molecule has 0 saturated carbocycles. The molecule has 3 heterocycles. The van der Waals surface area contributed by atoms with Crippen molar-refractivity contribution in [2.75, 3.05) is 30.7 Å². The Morgan fingerprint density at radius 1 is 1.19 bits per heavy atom. The number of furan rings is 1. The van der Waals surface area contributed by atoms with Crippen LogP contribution < -0.4 is 10.6 Å². The molecule has 9 nitrogen and oxygen atoms in total. The van der Waals surface area contributed by atoms with Gasteiger partial charge in [0.25, 0.3) is 5.91 Å². The average molecular weight is 455 g/mol. The number of hydrogen-bond donors (Lipinski definition) is 2. The second-order valence-electron chi connectivity index (χ2n) is 7.62. The number of nitrogens with zero attached hydrogens (tertiary/aromatic N) is 4. The first-order valence-electron chi connectivity index (χ1n) is 10.5. The molecule has 0 spiro atoms. The molecule has 0 radical (unpaired) electrons. The lowest BCUT2D eigenvalue weighted by Gasteiger charge is -2.26. The molecule has 168 valence electrons. The molecule has 0 bridgehead atoms. The van der Waals surface area contributed by atoms with Crippen LogP contribution in [-0.2, 0) is 11.8 Å². The Morgan fingerprint density at radius 2 is 1.97 bits per heavy atom. The van der Waals surface area contributed by atoms with Crippen LogP contribution in [-0.4, -0.2) is 56.9 Å². The molecule has 1 aliphatic heterocycles. The van der Waals surface area contributed by atoms with Gasteiger partial charge in [-0.05, 0) is 62.3 Å². The van der Waals surface area contributed by atoms with Gasteiger partial charge in [-0.2, -0.15) is 0 Å². The highest BCUT2D eigenvalue weighted by Crippen LogP contribution is 2.25. The number of amides is 2. The molecular formula is C22H26N6O3S. The summed E-state index contributed by atoms with van der Waals surface area (Å²) in [6, 6.07) is 10.7. The molecule has 2 N–H and O–H groups in total. The van der Waals surface area contributed by atoms with E-state index in [0.717, 1.165) is 31.7 Å². The fraction of sp³-hybridized carbons (Fsp3) is 0.364. The highest BCUT2D eigenvalue weighted by molar-refractivity contribution is 7.99. The zero-order valence-corrected chi connectivity index (χ0v) is 18.7. The van der Waals surface area contributed by atoms with Crippen molar-refractivity contribution >= 4 is 29.3 Å². The average Bonchev–Trinajstić information content (AvgIpc) is 3.57. The zero-order valence-electron chi connectivity index (χ0n) is 17.9. The number of rotatable bonds is 9. The number of aryl methyl sites for hydroxylation is 1. The predicted molar refractivity (Wildman–Crippen MR) is 121 cm³/mol. The van der Waals surface area contributed by atoms with Gasteiger partial charge in [0.1, 0.15) is 12.1 Å². The summed E-state index contributed by atoms with van der Waals surface area (Å²) in [5.74, 6) is 0.780. The lowest BCUT2D eigenvalue weighted by atomic mass is 10.1. The smallest absolute Gasteiger partial charge is 0.251 e. The standard InChI is InChI=1S/C22H26N6O3S/c1-27-15-24-26-22(27)32-14-20(29)25-17-8-6-16(7-9-17)21(30)23-13-18(19-5-4-12-31-19)28-10-2-3-11-28/h4-9,12,15,18H,2-3,10-11,13-14H2,1H3,(H,23,30)(H,25,29)/t18-/m1/s1. The summed E-state index contributed by atoms with van der Waals surface area (Å²) >= 11 is 1.31. The molecule has 1 aromatic carbocycles. The molecule has 1 aliphatic rings. The summed E-state index contributed by atoms with van der Waals surface area (Å²) in [7, 11) is 1.83. The van der Waals surface area contributed by atoms with Gasteiger partial charge in [-0.15, -0.1) is 10.2 Å². The minimum Gasteiger partial charge on any atom is -0.468 e. The topological polar surface area (TPSA) is 105 Å². The molecule has 10 heteroatoms. The molecule has 3 aromatic rings. The predicted octanol–water partition coefficient (Wildman–Crippen LogP) is 2.71. The van der Waals surface area contributed by atoms with E-state index in [0.29, 0.717) is 23.0 Å². The lowest BCUT2D eigenvalue weighted by Crippen LogP contribution is -2.36. The second-order valence-corrected chi connectivity index (χ2v) is 8.57. The van der Waals surface area contributed by atoms with E-state index in [2.05, 4.69) is 25.7 Å². The van der Waals surface area contributed by atoms with Crippen LogP contribution in [0.2, 0.25) is 0 Å². The zero-order chi connectivity index (χ0) is 22.3. The Labute approximate surface area is 190 Å². The van der Waals surface area contributed by atoms with Crippen LogP contribution in [0.25, 0.3) is 0 Å². The van der Waals surface area contributed by atoms with Crippen LogP contribution in [0, 0.1) is 0 Å². The molecule has 1 atom stereocenters. The Hall–Kier alpha value is -3.11. The largest absolute Gasteiger partial charge is 0.468 e. The molecule has 1 saturated heterocycles. The third-order valence-electron chi connectivity index (χ3n) is 5.34. The molecule has 2 amide bonds. The maximum atomic E-state index is 12.7. The first-order chi connectivity index (χ1) is 15.6. The number of thioether (sulfide) groups is 1. The minimum atomic E-state index is -0.156. The Bertz CT molecular complexity index is 1030. The van der Waals surface area contributed by atoms with Gasteiger partial charge in [0, 0.05) is 24.8 Å². The number of carbonyl (C=O) groups excluding carboxylic acids is 2. The summed E-state index contributed by atoms with van der Waals surface area (Å²) in [5.41, 5.74) is 1.17. The Morgan fingerprint density at radius 3 is 2.62 bits per heavy atom. The number of likely N-dealkylation sites (tertiary alicyclic amines) is 1. The molecule has 0 unspecified atom stereocenters. The van der Waals surface area contributed by atoms with E-state index in [1.165, 1.54) is 11.8 Å². The van der Waals surface area contributed by atoms with Crippen LogP contribution in [0.5, 0.6) is 0 Å². The van der Waals surface area contributed by atoms with Crippen LogP contribution in [0.4, 0.5) is 5.69 Å². The van der Waals surface area contributed by atoms with E-state index in [1.807, 2.05) is 19.2 Å². The first kappa shape index (κ1) is 22.1. The Kier molecular flexibility index (Phi) is 7.23. The van der Waals surface area contributed by atoms with Gasteiger partial charge in [0.15, 0.2) is 5.16 Å². The number of hydrogen-bond acceptors (Lipinski definition) is 7. The molecular weight excluding hydrogens is 428 g/mol. The highest BCUT2D eigenvalue weighted by Gasteiger charge is 2.26. The molecule has 32 heavy (non-hydrogen) atoms. The quantitative estimate of drug-likeness (QED) is 0.479. The monoisotopic (exact) mass is 454 g/mol. The fourth-order valence-electron chi connectivity index (χ4n) is 3.67. The molecule has 1 fully saturated rings. The van der Waals surface area contributed by atoms with Crippen LogP contribution in [0.15, 0.2) is 58.6 Å². The van der Waals surface area contributed by atoms with E-state index < -0.39 is 0 Å². The van der Waals surface area contributed by atoms with Gasteiger partial charge >= 0.3 is 0 Å². The summed E-state index contributed by atoms with van der Waals surface area (Å²) in [5, 5.41) is 14.2. The number of aromatic nitrogens is 3. The van der Waals surface area contributed by atoms with E-state index >= 15 is 0 Å². The molecule has 0 aliphatic carbocycles. The van der Waals surface area contributed by atoms with E-state index in [4.69, 9.17) is 4.42 Å². The van der Waals surface area contributed by atoms with Crippen molar-refractivity contribution in [3.05, 3.63) is 60.3 Å². The van der Waals surface area contributed by atoms with Crippen molar-refractivity contribution in [1.82, 2.24) is 25.0 Å². The van der Waals surface area contributed by atoms with Gasteiger partial charge < -0.3 is 19.6 Å². The summed E-state index contributed by atoms with van der Waals surface area (Å²) < 4.78 is 7.36. The van der Waals surface area contributed by atoms with E-state index in [9.17, 15) is 9.59 Å². The number of anilines is 1. The number of nitrogens with one attached hydrogen (secondary N) is 2. The van der Waals surface area contributed by atoms with Crippen molar-refractivity contribution in [3.63, 3.8) is 0 Å². The van der Waals surface area contributed by atoms with Crippen molar-refractivity contribution in [1.29, 1.82) is 0 Å². The summed E-state index contributed by atoms with van der Waals surface area (Å²) in [6.45, 7) is 2.49. The molecule has 2 aromatic heterocycles. The first-order valence-corrected chi connectivity index (χ1v) is 11.5. The molecule has 4 rings (SSSR count). The van der Waals surface area contributed by atoms with Crippen molar-refractivity contribution in [3.8, 4) is 0 Å². The second kappa shape index (κ2) is 10.5. The third-order valence-corrected chi connectivity index (χ3v) is 6.38. The van der Waals surface area contributed by atoms with Crippen molar-refractivity contribution < 1.29 is 14.0 Å². The van der Waals surface area contributed by atoms with Gasteiger partial charge in [-0.1, -0.05) is 11.8 Å². The van der Waals surface area contributed by atoms with Crippen LogP contribution >= 0.6 is 11.8 Å². The number of carbonyl (C=O) groups is 2. The van der Waals surface area contributed by atoms with Gasteiger partial charge in [-0.25, -0.2) is 0 Å². The van der Waals surface area contributed by atoms with Crippen molar-refractivity contribution in [2.24, 2.45) is 7.05 Å². The summed E-state index contributed by atoms with van der Waals surface area (Å²) in [6.07, 6.45) is 5.58. The van der Waals surface area contributed by atoms with Crippen LogP contribution in [0.3, 0.4) is 0 Å². The highest BCUT2D eigenvalue weighted by atomic mass is 32.2.